The molecule has 1 unspecified atom stereocenters. The van der Waals surface area contributed by atoms with E-state index in [4.69, 9.17) is 29.6 Å². The van der Waals surface area contributed by atoms with E-state index in [9.17, 15) is 5.26 Å². The number of thiazole rings is 1. The van der Waals surface area contributed by atoms with Crippen molar-refractivity contribution < 1.29 is 0 Å². The van der Waals surface area contributed by atoms with Gasteiger partial charge in [-0.15, -0.1) is 11.3 Å². The highest BCUT2D eigenvalue weighted by Gasteiger charge is 2.33. The summed E-state index contributed by atoms with van der Waals surface area (Å²) in [6.07, 6.45) is 0. The van der Waals surface area contributed by atoms with Gasteiger partial charge >= 0.3 is 0 Å². The Balaban J connectivity index is 1.96. The van der Waals surface area contributed by atoms with Crippen molar-refractivity contribution in [3.8, 4) is 11.8 Å². The fourth-order valence-corrected chi connectivity index (χ4v) is 4.77. The molecule has 1 aliphatic rings. The van der Waals surface area contributed by atoms with Crippen molar-refractivity contribution in [2.45, 2.75) is 5.92 Å². The van der Waals surface area contributed by atoms with Crippen LogP contribution in [0.2, 0.25) is 5.02 Å². The molecule has 2 aromatic carbocycles. The second-order valence-corrected chi connectivity index (χ2v) is 7.91. The van der Waals surface area contributed by atoms with Crippen molar-refractivity contribution in [1.82, 2.24) is 4.57 Å². The van der Waals surface area contributed by atoms with Gasteiger partial charge in [0.05, 0.1) is 22.4 Å². The Kier molecular flexibility index (Phi) is 4.29. The molecule has 0 spiro atoms. The summed E-state index contributed by atoms with van der Waals surface area (Å²) in [6, 6.07) is 19.6. The lowest BCUT2D eigenvalue weighted by Gasteiger charge is -2.25. The molecule has 128 valence electrons. The van der Waals surface area contributed by atoms with Crippen LogP contribution in [0.15, 0.2) is 66.0 Å². The zero-order valence-corrected chi connectivity index (χ0v) is 15.8. The van der Waals surface area contributed by atoms with Gasteiger partial charge in [-0.2, -0.15) is 5.26 Å². The third-order valence-electron chi connectivity index (χ3n) is 4.27. The summed E-state index contributed by atoms with van der Waals surface area (Å²) in [5, 5.41) is 13.5. The number of fused-ring (bicyclic) bond motifs is 1. The van der Waals surface area contributed by atoms with Crippen molar-refractivity contribution >= 4 is 41.0 Å². The third kappa shape index (κ3) is 2.71. The normalized spacial score (nSPS) is 15.9. The highest BCUT2D eigenvalue weighted by Crippen LogP contribution is 2.45. The van der Waals surface area contributed by atoms with Gasteiger partial charge in [-0.1, -0.05) is 41.9 Å². The quantitative estimate of drug-likeness (QED) is 0.586. The van der Waals surface area contributed by atoms with Crippen LogP contribution in [0.25, 0.3) is 5.69 Å². The number of nitrogens with zero attached hydrogens (tertiary/aromatic N) is 2. The molecule has 0 saturated carbocycles. The first-order valence-electron chi connectivity index (χ1n) is 7.83. The summed E-state index contributed by atoms with van der Waals surface area (Å²) in [7, 11) is 0. The molecule has 2 heterocycles. The molecular weight excluding hydrogens is 384 g/mol. The van der Waals surface area contributed by atoms with E-state index >= 15 is 0 Å². The molecule has 0 saturated heterocycles. The zero-order chi connectivity index (χ0) is 18.3. The zero-order valence-electron chi connectivity index (χ0n) is 13.4. The maximum atomic E-state index is 9.68. The van der Waals surface area contributed by atoms with E-state index in [0.29, 0.717) is 20.4 Å². The first-order chi connectivity index (χ1) is 12.6. The lowest BCUT2D eigenvalue weighted by Crippen LogP contribution is -2.23. The summed E-state index contributed by atoms with van der Waals surface area (Å²) in [6.45, 7) is 0. The maximum absolute atomic E-state index is 9.68. The van der Waals surface area contributed by atoms with Crippen LogP contribution < -0.4 is 11.1 Å². The van der Waals surface area contributed by atoms with Crippen LogP contribution in [0, 0.1) is 15.3 Å². The first kappa shape index (κ1) is 16.9. The van der Waals surface area contributed by atoms with Gasteiger partial charge in [-0.05, 0) is 42.0 Å². The fraction of sp³-hybridized carbons (Fsp3) is 0.0526. The first-order valence-corrected chi connectivity index (χ1v) is 9.44. The third-order valence-corrected chi connectivity index (χ3v) is 5.96. The van der Waals surface area contributed by atoms with E-state index in [1.54, 1.807) is 0 Å². The average Bonchev–Trinajstić information content (AvgIpc) is 2.97. The molecule has 0 aliphatic carbocycles. The topological polar surface area (TPSA) is 66.8 Å². The number of hydrogen-bond donors (Lipinski definition) is 2. The molecule has 1 aromatic heterocycles. The van der Waals surface area contributed by atoms with Crippen molar-refractivity contribution in [3.05, 3.63) is 85.4 Å². The van der Waals surface area contributed by atoms with E-state index in [-0.39, 0.29) is 5.92 Å². The number of halogens is 1. The summed E-state index contributed by atoms with van der Waals surface area (Å²) in [4.78, 5) is 0.965. The number of aromatic nitrogens is 1. The monoisotopic (exact) mass is 396 g/mol. The van der Waals surface area contributed by atoms with Crippen LogP contribution >= 0.6 is 35.2 Å². The number of rotatable bonds is 2. The predicted octanol–water partition coefficient (Wildman–Crippen LogP) is 5.17. The Bertz CT molecular complexity index is 1110. The van der Waals surface area contributed by atoms with Gasteiger partial charge < -0.3 is 11.1 Å². The second kappa shape index (κ2) is 6.61. The van der Waals surface area contributed by atoms with Crippen LogP contribution in [0.1, 0.15) is 16.4 Å². The van der Waals surface area contributed by atoms with E-state index in [1.807, 2.05) is 59.2 Å². The molecular formula is C19H13ClN4S2. The molecule has 26 heavy (non-hydrogen) atoms. The number of anilines is 1. The lowest BCUT2D eigenvalue weighted by atomic mass is 9.88. The molecule has 3 N–H and O–H groups in total. The predicted molar refractivity (Wildman–Crippen MR) is 108 cm³/mol. The molecule has 7 heteroatoms. The number of para-hydroxylation sites is 1. The summed E-state index contributed by atoms with van der Waals surface area (Å²) >= 11 is 13.1. The average molecular weight is 397 g/mol. The number of nitriles is 1. The van der Waals surface area contributed by atoms with Gasteiger partial charge in [0.1, 0.15) is 11.6 Å². The van der Waals surface area contributed by atoms with Gasteiger partial charge in [0, 0.05) is 10.7 Å². The molecule has 0 amide bonds. The number of benzene rings is 2. The van der Waals surface area contributed by atoms with Crippen molar-refractivity contribution in [3.63, 3.8) is 0 Å². The van der Waals surface area contributed by atoms with Gasteiger partial charge in [-0.25, -0.2) is 0 Å². The Labute approximate surface area is 164 Å². The van der Waals surface area contributed by atoms with Crippen LogP contribution in [-0.2, 0) is 0 Å². The molecule has 0 radical (unpaired) electrons. The number of allylic oxidation sites excluding steroid dienone is 1. The van der Waals surface area contributed by atoms with E-state index < -0.39 is 0 Å². The van der Waals surface area contributed by atoms with Gasteiger partial charge in [-0.3, -0.25) is 4.57 Å². The molecule has 4 nitrogen and oxygen atoms in total. The Morgan fingerprint density at radius 1 is 1.15 bits per heavy atom. The lowest BCUT2D eigenvalue weighted by molar-refractivity contribution is 0.923. The summed E-state index contributed by atoms with van der Waals surface area (Å²) in [5.41, 5.74) is 8.58. The number of nitrogens with two attached hydrogens (primary N) is 1. The number of hydrogen-bond acceptors (Lipinski definition) is 5. The van der Waals surface area contributed by atoms with Gasteiger partial charge in [0.15, 0.2) is 3.95 Å². The highest BCUT2D eigenvalue weighted by molar-refractivity contribution is 7.73. The number of nitrogens with one attached hydrogen (secondary N) is 1. The SMILES string of the molecule is N#CC1=C(N)Nc2c(sc(=S)n2-c2ccccc2)C1c1ccc(Cl)cc1. The largest absolute Gasteiger partial charge is 0.384 e. The van der Waals surface area contributed by atoms with Crippen LogP contribution in [-0.4, -0.2) is 4.57 Å². The molecule has 0 bridgehead atoms. The van der Waals surface area contributed by atoms with Crippen LogP contribution in [0.5, 0.6) is 0 Å². The van der Waals surface area contributed by atoms with Crippen molar-refractivity contribution in [2.24, 2.45) is 5.73 Å². The molecule has 3 aromatic rings. The summed E-state index contributed by atoms with van der Waals surface area (Å²) < 4.78 is 2.65. The highest BCUT2D eigenvalue weighted by atomic mass is 35.5. The minimum Gasteiger partial charge on any atom is -0.384 e. The summed E-state index contributed by atoms with van der Waals surface area (Å²) in [5.74, 6) is 0.880. The molecule has 0 fully saturated rings. The van der Waals surface area contributed by atoms with Gasteiger partial charge in [0.2, 0.25) is 0 Å². The smallest absolute Gasteiger partial charge is 0.167 e. The molecule has 1 atom stereocenters. The van der Waals surface area contributed by atoms with Gasteiger partial charge in [0.25, 0.3) is 0 Å². The van der Waals surface area contributed by atoms with Crippen molar-refractivity contribution in [2.75, 3.05) is 5.32 Å². The Morgan fingerprint density at radius 3 is 2.50 bits per heavy atom. The molecule has 4 rings (SSSR count). The van der Waals surface area contributed by atoms with Crippen LogP contribution in [0.3, 0.4) is 0 Å². The van der Waals surface area contributed by atoms with E-state index in [0.717, 1.165) is 21.9 Å². The fourth-order valence-electron chi connectivity index (χ4n) is 3.09. The van der Waals surface area contributed by atoms with E-state index in [2.05, 4.69) is 11.4 Å². The maximum Gasteiger partial charge on any atom is 0.167 e. The van der Waals surface area contributed by atoms with Crippen molar-refractivity contribution in [1.29, 1.82) is 5.26 Å². The minimum atomic E-state index is -0.273. The minimum absolute atomic E-state index is 0.273. The van der Waals surface area contributed by atoms with E-state index in [1.165, 1.54) is 11.3 Å². The molecule has 1 aliphatic heterocycles. The standard InChI is InChI=1S/C19H13ClN4S2/c20-12-8-6-11(7-9-12)15-14(10-21)17(22)23-18-16(15)26-19(25)24(18)13-4-2-1-3-5-13/h1-9,15,23H,22H2. The van der Waals surface area contributed by atoms with Crippen LogP contribution in [0.4, 0.5) is 5.82 Å². The Hall–Kier alpha value is -2.59. The Morgan fingerprint density at radius 2 is 1.85 bits per heavy atom. The second-order valence-electron chi connectivity index (χ2n) is 5.80.